The second-order valence-corrected chi connectivity index (χ2v) is 5.73. The van der Waals surface area contributed by atoms with Crippen molar-refractivity contribution in [1.29, 1.82) is 0 Å². The molecule has 4 N–H and O–H groups in total. The third kappa shape index (κ3) is 7.32. The molecule has 154 valence electrons. The summed E-state index contributed by atoms with van der Waals surface area (Å²) in [5, 5.41) is 37.1. The molecule has 0 aliphatic carbocycles. The predicted octanol–water partition coefficient (Wildman–Crippen LogP) is 2.33. The molecule has 30 heavy (non-hydrogen) atoms. The highest BCUT2D eigenvalue weighted by atomic mass is 16.5. The lowest BCUT2D eigenvalue weighted by atomic mass is 10.2. The van der Waals surface area contributed by atoms with E-state index in [1.807, 2.05) is 0 Å². The molecule has 2 aromatic rings. The Kier molecular flexibility index (Phi) is 7.91. The lowest BCUT2D eigenvalue weighted by molar-refractivity contribution is -0.137. The minimum atomic E-state index is -0.658. The lowest BCUT2D eigenvalue weighted by Crippen LogP contribution is -2.02. The molecule has 0 aliphatic heterocycles. The summed E-state index contributed by atoms with van der Waals surface area (Å²) in [5.74, 6) is 2.57. The molecule has 0 radical (unpaired) electrons. The fraction of sp³-hybridized carbons (Fsp3) is 0.0909. The average molecular weight is 410 g/mol. The Morgan fingerprint density at radius 2 is 1.10 bits per heavy atom. The molecular formula is C22H18O8. The molecule has 8 nitrogen and oxygen atoms in total. The van der Waals surface area contributed by atoms with Crippen LogP contribution in [0.3, 0.4) is 0 Å². The van der Waals surface area contributed by atoms with E-state index in [9.17, 15) is 30.0 Å². The van der Waals surface area contributed by atoms with Gasteiger partial charge in [0.25, 0.3) is 0 Å². The molecule has 2 aromatic carbocycles. The maximum Gasteiger partial charge on any atom is 0.331 e. The van der Waals surface area contributed by atoms with E-state index in [2.05, 4.69) is 11.8 Å². The summed E-state index contributed by atoms with van der Waals surface area (Å²) >= 11 is 0. The molecule has 0 bridgehead atoms. The molecule has 0 saturated heterocycles. The van der Waals surface area contributed by atoms with E-state index in [1.54, 1.807) is 0 Å². The van der Waals surface area contributed by atoms with Gasteiger partial charge in [0.05, 0.1) is 0 Å². The predicted molar refractivity (Wildman–Crippen MR) is 107 cm³/mol. The van der Waals surface area contributed by atoms with Gasteiger partial charge in [-0.25, -0.2) is 9.59 Å². The second-order valence-electron chi connectivity index (χ2n) is 5.73. The molecule has 0 unspecified atom stereocenters. The van der Waals surface area contributed by atoms with Gasteiger partial charge in [0, 0.05) is 12.2 Å². The molecule has 0 aromatic heterocycles. The van der Waals surface area contributed by atoms with E-state index in [1.165, 1.54) is 48.6 Å². The molecule has 0 fully saturated rings. The Balaban J connectivity index is 1.69. The van der Waals surface area contributed by atoms with E-state index in [4.69, 9.17) is 9.47 Å². The maximum absolute atomic E-state index is 11.6. The highest BCUT2D eigenvalue weighted by molar-refractivity contribution is 5.87. The van der Waals surface area contributed by atoms with Crippen molar-refractivity contribution >= 4 is 24.1 Å². The number of ether oxygens (including phenoxy) is 2. The lowest BCUT2D eigenvalue weighted by Gasteiger charge is -1.99. The number of carbonyl (C=O) groups is 2. The normalized spacial score (nSPS) is 10.5. The fourth-order valence-electron chi connectivity index (χ4n) is 2.03. The third-order valence-electron chi connectivity index (χ3n) is 3.52. The molecule has 0 spiro atoms. The van der Waals surface area contributed by atoms with Crippen molar-refractivity contribution in [3.05, 3.63) is 59.7 Å². The summed E-state index contributed by atoms with van der Waals surface area (Å²) < 4.78 is 9.68. The van der Waals surface area contributed by atoms with Crippen LogP contribution in [-0.2, 0) is 19.1 Å². The van der Waals surface area contributed by atoms with Crippen molar-refractivity contribution in [2.24, 2.45) is 0 Å². The number of rotatable bonds is 6. The monoisotopic (exact) mass is 410 g/mol. The number of phenols is 4. The molecule has 0 saturated carbocycles. The van der Waals surface area contributed by atoms with Crippen molar-refractivity contribution < 1.29 is 39.5 Å². The SMILES string of the molecule is O=C(/C=C/c1ccc(O)c(O)c1)OCC#CCOC(=O)/C=C/c1ccc(O)c(O)c1. The van der Waals surface area contributed by atoms with E-state index in [0.29, 0.717) is 11.1 Å². The summed E-state index contributed by atoms with van der Waals surface area (Å²) in [4.78, 5) is 23.1. The number of benzene rings is 2. The van der Waals surface area contributed by atoms with Crippen LogP contribution < -0.4 is 0 Å². The molecule has 8 heteroatoms. The number of carbonyl (C=O) groups excluding carboxylic acids is 2. The van der Waals surface area contributed by atoms with Gasteiger partial charge in [-0.05, 0) is 47.5 Å². The Morgan fingerprint density at radius 3 is 1.47 bits per heavy atom. The minimum absolute atomic E-state index is 0.204. The highest BCUT2D eigenvalue weighted by Gasteiger charge is 2.01. The average Bonchev–Trinajstić information content (AvgIpc) is 2.72. The van der Waals surface area contributed by atoms with Gasteiger partial charge < -0.3 is 29.9 Å². The summed E-state index contributed by atoms with van der Waals surface area (Å²) in [6, 6.07) is 8.16. The van der Waals surface area contributed by atoms with Gasteiger partial charge >= 0.3 is 11.9 Å². The van der Waals surface area contributed by atoms with Crippen molar-refractivity contribution in [2.45, 2.75) is 0 Å². The van der Waals surface area contributed by atoms with Gasteiger partial charge in [-0.15, -0.1) is 0 Å². The largest absolute Gasteiger partial charge is 0.504 e. The zero-order valence-electron chi connectivity index (χ0n) is 15.6. The molecule has 0 aliphatic rings. The van der Waals surface area contributed by atoms with Crippen LogP contribution in [0.1, 0.15) is 11.1 Å². The van der Waals surface area contributed by atoms with Gasteiger partial charge in [0.2, 0.25) is 0 Å². The molecule has 0 amide bonds. The first-order valence-electron chi connectivity index (χ1n) is 8.54. The Labute approximate surface area is 171 Å². The standard InChI is InChI=1S/C22H18O8/c23-17-7-3-15(13-19(17)25)5-9-21(27)29-11-1-2-12-30-22(28)10-6-16-4-8-18(24)20(26)14-16/h3-10,13-14,23-26H,11-12H2/b9-5+,10-6+. The van der Waals surface area contributed by atoms with E-state index >= 15 is 0 Å². The van der Waals surface area contributed by atoms with Crippen LogP contribution in [0, 0.1) is 11.8 Å². The first kappa shape index (κ1) is 21.9. The van der Waals surface area contributed by atoms with Crippen molar-refractivity contribution in [2.75, 3.05) is 13.2 Å². The van der Waals surface area contributed by atoms with Gasteiger partial charge in [-0.2, -0.15) is 0 Å². The summed E-state index contributed by atoms with van der Waals surface area (Å²) in [5.41, 5.74) is 0.992. The van der Waals surface area contributed by atoms with Crippen LogP contribution in [0.4, 0.5) is 0 Å². The van der Waals surface area contributed by atoms with Crippen LogP contribution >= 0.6 is 0 Å². The second kappa shape index (κ2) is 10.8. The summed E-state index contributed by atoms with van der Waals surface area (Å²) in [6.45, 7) is -0.408. The van der Waals surface area contributed by atoms with Gasteiger partial charge in [-0.3, -0.25) is 0 Å². The quantitative estimate of drug-likeness (QED) is 0.247. The molecule has 2 rings (SSSR count). The van der Waals surface area contributed by atoms with Crippen LogP contribution in [-0.4, -0.2) is 45.6 Å². The molecule has 0 atom stereocenters. The molecular weight excluding hydrogens is 392 g/mol. The first-order chi connectivity index (χ1) is 14.3. The van der Waals surface area contributed by atoms with Gasteiger partial charge in [-0.1, -0.05) is 24.0 Å². The zero-order valence-corrected chi connectivity index (χ0v) is 15.6. The Hall–Kier alpha value is -4.38. The Morgan fingerprint density at radius 1 is 0.700 bits per heavy atom. The number of phenolic OH excluding ortho intramolecular Hbond substituents is 4. The van der Waals surface area contributed by atoms with Crippen molar-refractivity contribution in [3.63, 3.8) is 0 Å². The number of hydrogen-bond donors (Lipinski definition) is 4. The number of hydrogen-bond acceptors (Lipinski definition) is 8. The summed E-state index contributed by atoms with van der Waals surface area (Å²) in [7, 11) is 0. The zero-order chi connectivity index (χ0) is 21.9. The van der Waals surface area contributed by atoms with E-state index < -0.39 is 11.9 Å². The topological polar surface area (TPSA) is 134 Å². The minimum Gasteiger partial charge on any atom is -0.504 e. The molecule has 0 heterocycles. The van der Waals surface area contributed by atoms with Crippen LogP contribution in [0.2, 0.25) is 0 Å². The van der Waals surface area contributed by atoms with Crippen molar-refractivity contribution in [1.82, 2.24) is 0 Å². The summed E-state index contributed by atoms with van der Waals surface area (Å²) in [6.07, 6.45) is 5.08. The fourth-order valence-corrected chi connectivity index (χ4v) is 2.03. The van der Waals surface area contributed by atoms with Crippen LogP contribution in [0.15, 0.2) is 48.6 Å². The highest BCUT2D eigenvalue weighted by Crippen LogP contribution is 2.26. The number of esters is 2. The first-order valence-corrected chi connectivity index (χ1v) is 8.54. The van der Waals surface area contributed by atoms with E-state index in [0.717, 1.165) is 12.2 Å². The third-order valence-corrected chi connectivity index (χ3v) is 3.52. The maximum atomic E-state index is 11.6. The Bertz CT molecular complexity index is 959. The van der Waals surface area contributed by atoms with Gasteiger partial charge in [0.1, 0.15) is 0 Å². The van der Waals surface area contributed by atoms with Crippen LogP contribution in [0.5, 0.6) is 23.0 Å². The van der Waals surface area contributed by atoms with E-state index in [-0.39, 0.29) is 36.2 Å². The number of aromatic hydroxyl groups is 4. The van der Waals surface area contributed by atoms with Crippen LogP contribution in [0.25, 0.3) is 12.2 Å². The van der Waals surface area contributed by atoms with Crippen molar-refractivity contribution in [3.8, 4) is 34.8 Å². The van der Waals surface area contributed by atoms with Gasteiger partial charge in [0.15, 0.2) is 36.2 Å². The smallest absolute Gasteiger partial charge is 0.331 e.